The summed E-state index contributed by atoms with van der Waals surface area (Å²) in [6.45, 7) is 4.16. The monoisotopic (exact) mass is 393 g/mol. The summed E-state index contributed by atoms with van der Waals surface area (Å²) in [4.78, 5) is 18.1. The number of hydrogen-bond acceptors (Lipinski definition) is 5. The van der Waals surface area contributed by atoms with Crippen LogP contribution in [0.5, 0.6) is 0 Å². The number of imidazole rings is 1. The van der Waals surface area contributed by atoms with Crippen molar-refractivity contribution in [1.82, 2.24) is 25.0 Å². The molecule has 0 unspecified atom stereocenters. The lowest BCUT2D eigenvalue weighted by Gasteiger charge is -2.30. The van der Waals surface area contributed by atoms with Gasteiger partial charge < -0.3 is 9.55 Å². The molecule has 0 amide bonds. The second-order valence-corrected chi connectivity index (χ2v) is 8.13. The summed E-state index contributed by atoms with van der Waals surface area (Å²) in [5, 5.41) is 18.0. The normalized spacial score (nSPS) is 19.7. The number of aromatic amines is 1. The molecule has 0 aromatic carbocycles. The van der Waals surface area contributed by atoms with E-state index in [1.165, 1.54) is 0 Å². The Kier molecular flexibility index (Phi) is 5.49. The highest BCUT2D eigenvalue weighted by atomic mass is 16.6. The molecule has 8 nitrogen and oxygen atoms in total. The molecule has 4 rings (SSSR count). The van der Waals surface area contributed by atoms with Crippen LogP contribution < -0.4 is 5.48 Å². The van der Waals surface area contributed by atoms with Gasteiger partial charge in [0.2, 0.25) is 0 Å². The molecule has 0 aliphatic heterocycles. The number of rotatable bonds is 6. The van der Waals surface area contributed by atoms with E-state index in [2.05, 4.69) is 26.1 Å². The molecule has 3 aromatic rings. The summed E-state index contributed by atoms with van der Waals surface area (Å²) in [6, 6.07) is 4.68. The predicted molar refractivity (Wildman–Crippen MR) is 111 cm³/mol. The van der Waals surface area contributed by atoms with E-state index in [-0.39, 0.29) is 12.5 Å². The summed E-state index contributed by atoms with van der Waals surface area (Å²) >= 11 is 0. The average molecular weight is 393 g/mol. The van der Waals surface area contributed by atoms with E-state index < -0.39 is 0 Å². The van der Waals surface area contributed by atoms with Gasteiger partial charge in [-0.2, -0.15) is 5.26 Å². The summed E-state index contributed by atoms with van der Waals surface area (Å²) < 4.78 is 2.30. The zero-order valence-electron chi connectivity index (χ0n) is 16.9. The Bertz CT molecular complexity index is 1050. The number of amidine groups is 1. The molecule has 3 aromatic heterocycles. The van der Waals surface area contributed by atoms with Crippen molar-refractivity contribution >= 4 is 27.9 Å². The lowest BCUT2D eigenvalue weighted by molar-refractivity contribution is 0.0598. The first-order valence-corrected chi connectivity index (χ1v) is 10.2. The molecule has 3 N–H and O–H groups in total. The quantitative estimate of drug-likeness (QED) is 0.329. The zero-order chi connectivity index (χ0) is 20.4. The molecule has 0 radical (unpaired) electrons. The maximum Gasteiger partial charge on any atom is 0.139 e. The van der Waals surface area contributed by atoms with Crippen molar-refractivity contribution in [3.05, 3.63) is 24.3 Å². The number of pyridine rings is 1. The first-order valence-electron chi connectivity index (χ1n) is 10.2. The molecule has 3 heterocycles. The van der Waals surface area contributed by atoms with E-state index in [9.17, 15) is 0 Å². The van der Waals surface area contributed by atoms with Crippen LogP contribution in [-0.4, -0.2) is 25.4 Å². The molecular weight excluding hydrogens is 366 g/mol. The molecule has 152 valence electrons. The topological polar surface area (TPSA) is 115 Å². The van der Waals surface area contributed by atoms with E-state index >= 15 is 0 Å². The van der Waals surface area contributed by atoms with Crippen LogP contribution in [0, 0.1) is 28.6 Å². The molecule has 1 saturated carbocycles. The number of nitrogens with one attached hydrogen (secondary N) is 3. The second kappa shape index (κ2) is 8.21. The number of nitriles is 1. The van der Waals surface area contributed by atoms with E-state index in [0.29, 0.717) is 24.2 Å². The first-order chi connectivity index (χ1) is 14.1. The van der Waals surface area contributed by atoms with E-state index in [4.69, 9.17) is 20.5 Å². The van der Waals surface area contributed by atoms with Crippen LogP contribution in [-0.2, 0) is 11.4 Å². The lowest BCUT2D eigenvalue weighted by atomic mass is 9.84. The van der Waals surface area contributed by atoms with Gasteiger partial charge in [-0.25, -0.2) is 9.97 Å². The molecule has 1 fully saturated rings. The Morgan fingerprint density at radius 3 is 2.93 bits per heavy atom. The summed E-state index contributed by atoms with van der Waals surface area (Å²) in [7, 11) is 0. The van der Waals surface area contributed by atoms with E-state index in [0.717, 1.165) is 53.6 Å². The van der Waals surface area contributed by atoms with Gasteiger partial charge in [-0.05, 0) is 37.7 Å². The van der Waals surface area contributed by atoms with Crippen molar-refractivity contribution in [3.8, 4) is 6.07 Å². The van der Waals surface area contributed by atoms with Crippen LogP contribution in [0.25, 0.3) is 22.1 Å². The Hall–Kier alpha value is -2.92. The van der Waals surface area contributed by atoms with Crippen molar-refractivity contribution in [2.45, 2.75) is 58.6 Å². The highest BCUT2D eigenvalue weighted by Gasteiger charge is 2.27. The Balaban J connectivity index is 1.66. The average Bonchev–Trinajstić information content (AvgIpc) is 3.32. The Morgan fingerprint density at radius 1 is 1.41 bits per heavy atom. The van der Waals surface area contributed by atoms with Crippen molar-refractivity contribution in [2.24, 2.45) is 11.8 Å². The van der Waals surface area contributed by atoms with Gasteiger partial charge in [0.05, 0.1) is 17.8 Å². The number of hydroxylamine groups is 1. The van der Waals surface area contributed by atoms with Gasteiger partial charge in [0.1, 0.15) is 29.4 Å². The molecule has 0 atom stereocenters. The SMILES string of the molecule is CC(C)C(=N)NOCc1nc2cnc3[nH]ccc3c2n1C1CCC(CC#N)CC1. The van der Waals surface area contributed by atoms with Gasteiger partial charge in [-0.15, -0.1) is 0 Å². The first kappa shape index (κ1) is 19.4. The van der Waals surface area contributed by atoms with Gasteiger partial charge in [-0.3, -0.25) is 15.7 Å². The van der Waals surface area contributed by atoms with Gasteiger partial charge in [0.25, 0.3) is 0 Å². The molecule has 1 aliphatic carbocycles. The maximum atomic E-state index is 9.01. The number of H-pyrrole nitrogens is 1. The highest BCUT2D eigenvalue weighted by Crippen LogP contribution is 2.37. The van der Waals surface area contributed by atoms with Crippen LogP contribution >= 0.6 is 0 Å². The van der Waals surface area contributed by atoms with Crippen LogP contribution in [0.2, 0.25) is 0 Å². The smallest absolute Gasteiger partial charge is 0.139 e. The predicted octanol–water partition coefficient (Wildman–Crippen LogP) is 4.21. The van der Waals surface area contributed by atoms with Crippen LogP contribution in [0.15, 0.2) is 18.5 Å². The van der Waals surface area contributed by atoms with Crippen molar-refractivity contribution in [2.75, 3.05) is 0 Å². The zero-order valence-corrected chi connectivity index (χ0v) is 16.9. The van der Waals surface area contributed by atoms with Crippen LogP contribution in [0.4, 0.5) is 0 Å². The van der Waals surface area contributed by atoms with E-state index in [1.807, 2.05) is 26.1 Å². The van der Waals surface area contributed by atoms with Crippen LogP contribution in [0.1, 0.15) is 57.8 Å². The minimum atomic E-state index is 0.0768. The largest absolute Gasteiger partial charge is 0.346 e. The van der Waals surface area contributed by atoms with Crippen molar-refractivity contribution < 1.29 is 4.84 Å². The number of nitrogens with zero attached hydrogens (tertiary/aromatic N) is 4. The third-order valence-corrected chi connectivity index (χ3v) is 5.83. The second-order valence-electron chi connectivity index (χ2n) is 8.13. The summed E-state index contributed by atoms with van der Waals surface area (Å²) in [6.07, 6.45) is 8.49. The number of fused-ring (bicyclic) bond motifs is 3. The van der Waals surface area contributed by atoms with Gasteiger partial charge in [0, 0.05) is 30.0 Å². The molecule has 0 bridgehead atoms. The van der Waals surface area contributed by atoms with Crippen molar-refractivity contribution in [3.63, 3.8) is 0 Å². The van der Waals surface area contributed by atoms with Crippen LogP contribution in [0.3, 0.4) is 0 Å². The van der Waals surface area contributed by atoms with Crippen molar-refractivity contribution in [1.29, 1.82) is 10.7 Å². The molecule has 0 spiro atoms. The fraction of sp³-hybridized carbons (Fsp3) is 0.524. The molecule has 0 saturated heterocycles. The fourth-order valence-corrected chi connectivity index (χ4v) is 4.17. The molecular formula is C21H27N7O. The third-order valence-electron chi connectivity index (χ3n) is 5.83. The van der Waals surface area contributed by atoms with Gasteiger partial charge >= 0.3 is 0 Å². The minimum absolute atomic E-state index is 0.0768. The fourth-order valence-electron chi connectivity index (χ4n) is 4.17. The molecule has 8 heteroatoms. The highest BCUT2D eigenvalue weighted by molar-refractivity contribution is 6.01. The minimum Gasteiger partial charge on any atom is -0.346 e. The standard InChI is InChI=1S/C21H27N7O/c1-13(2)20(23)27-29-12-18-26-17-11-25-21-16(8-10-24-21)19(17)28(18)15-5-3-14(4-6-15)7-9-22/h8,10-11,13-15H,3-7,12H2,1-2H3,(H2,23,27)(H,24,25). The van der Waals surface area contributed by atoms with E-state index in [1.54, 1.807) is 6.20 Å². The third kappa shape index (κ3) is 3.83. The summed E-state index contributed by atoms with van der Waals surface area (Å²) in [5.74, 6) is 1.75. The van der Waals surface area contributed by atoms with Gasteiger partial charge in [0.15, 0.2) is 0 Å². The number of aromatic nitrogens is 4. The lowest BCUT2D eigenvalue weighted by Crippen LogP contribution is -2.28. The maximum absolute atomic E-state index is 9.01. The molecule has 1 aliphatic rings. The Labute approximate surface area is 169 Å². The molecule has 29 heavy (non-hydrogen) atoms. The summed E-state index contributed by atoms with van der Waals surface area (Å²) in [5.41, 5.74) is 5.52. The Morgan fingerprint density at radius 2 is 2.21 bits per heavy atom. The number of hydrogen-bond donors (Lipinski definition) is 3. The van der Waals surface area contributed by atoms with Gasteiger partial charge in [-0.1, -0.05) is 13.8 Å².